The standard InChI is InChI=1S/C17H17N3O3S/c1-9-3-6-13-11(7-14(21)23-15(13)10(9)2)8-24-17-19-18-16(22)20(17)12-4-5-12/h3,6-7,12H,4-5,8H2,1-2H3,(H,18,22). The minimum atomic E-state index is -0.353. The number of aryl methyl sites for hydroxylation is 2. The number of rotatable bonds is 4. The number of aromatic amines is 1. The highest BCUT2D eigenvalue weighted by Gasteiger charge is 2.28. The first-order valence-corrected chi connectivity index (χ1v) is 8.86. The molecule has 3 aromatic rings. The fourth-order valence-electron chi connectivity index (χ4n) is 2.83. The minimum absolute atomic E-state index is 0.163. The normalized spacial score (nSPS) is 14.4. The summed E-state index contributed by atoms with van der Waals surface area (Å²) in [6.45, 7) is 3.95. The first-order chi connectivity index (χ1) is 11.5. The van der Waals surface area contributed by atoms with Crippen molar-refractivity contribution >= 4 is 22.7 Å². The summed E-state index contributed by atoms with van der Waals surface area (Å²) < 4.78 is 7.12. The fourth-order valence-corrected chi connectivity index (χ4v) is 3.84. The second kappa shape index (κ2) is 5.66. The maximum atomic E-state index is 11.9. The molecule has 1 aliphatic rings. The number of fused-ring (bicyclic) bond motifs is 1. The van der Waals surface area contributed by atoms with Crippen molar-refractivity contribution in [3.8, 4) is 0 Å². The zero-order valence-corrected chi connectivity index (χ0v) is 14.3. The molecule has 1 N–H and O–H groups in total. The molecule has 24 heavy (non-hydrogen) atoms. The largest absolute Gasteiger partial charge is 0.422 e. The topological polar surface area (TPSA) is 80.9 Å². The summed E-state index contributed by atoms with van der Waals surface area (Å²) in [5.74, 6) is 0.557. The quantitative estimate of drug-likeness (QED) is 0.582. The van der Waals surface area contributed by atoms with Gasteiger partial charge in [-0.1, -0.05) is 23.9 Å². The summed E-state index contributed by atoms with van der Waals surface area (Å²) in [5, 5.41) is 8.23. The number of benzene rings is 1. The first-order valence-electron chi connectivity index (χ1n) is 7.87. The summed E-state index contributed by atoms with van der Waals surface area (Å²) in [5.41, 5.74) is 3.08. The number of nitrogens with one attached hydrogen (secondary N) is 1. The number of nitrogens with zero attached hydrogens (tertiary/aromatic N) is 2. The summed E-state index contributed by atoms with van der Waals surface area (Å²) in [4.78, 5) is 23.8. The average molecular weight is 343 g/mol. The maximum Gasteiger partial charge on any atom is 0.344 e. The third-order valence-corrected chi connectivity index (χ3v) is 5.46. The smallest absolute Gasteiger partial charge is 0.344 e. The van der Waals surface area contributed by atoms with E-state index in [4.69, 9.17) is 4.42 Å². The highest BCUT2D eigenvalue weighted by molar-refractivity contribution is 7.98. The molecule has 2 heterocycles. The number of aromatic nitrogens is 3. The van der Waals surface area contributed by atoms with Crippen molar-refractivity contribution in [2.45, 2.75) is 43.6 Å². The van der Waals surface area contributed by atoms with Gasteiger partial charge >= 0.3 is 11.3 Å². The molecule has 1 saturated carbocycles. The summed E-state index contributed by atoms with van der Waals surface area (Å²) in [7, 11) is 0. The molecule has 0 bridgehead atoms. The molecule has 0 atom stereocenters. The predicted octanol–water partition coefficient (Wildman–Crippen LogP) is 2.92. The molecule has 6 nitrogen and oxygen atoms in total. The van der Waals surface area contributed by atoms with Gasteiger partial charge in [-0.25, -0.2) is 14.7 Å². The van der Waals surface area contributed by atoms with Gasteiger partial charge in [-0.05, 0) is 43.4 Å². The van der Waals surface area contributed by atoms with E-state index in [1.807, 2.05) is 26.0 Å². The molecule has 2 aromatic heterocycles. The molecule has 0 amide bonds. The van der Waals surface area contributed by atoms with Crippen molar-refractivity contribution in [1.82, 2.24) is 14.8 Å². The van der Waals surface area contributed by atoms with Gasteiger partial charge in [0.25, 0.3) is 0 Å². The van der Waals surface area contributed by atoms with Crippen LogP contribution in [0.3, 0.4) is 0 Å². The molecular formula is C17H17N3O3S. The van der Waals surface area contributed by atoms with E-state index in [9.17, 15) is 9.59 Å². The zero-order valence-electron chi connectivity index (χ0n) is 13.5. The van der Waals surface area contributed by atoms with Crippen LogP contribution in [0.25, 0.3) is 11.0 Å². The van der Waals surface area contributed by atoms with E-state index < -0.39 is 0 Å². The van der Waals surface area contributed by atoms with Crippen LogP contribution in [0.15, 0.2) is 37.4 Å². The van der Waals surface area contributed by atoms with E-state index in [1.165, 1.54) is 17.8 Å². The summed E-state index contributed by atoms with van der Waals surface area (Å²) in [6.07, 6.45) is 2.03. The Balaban J connectivity index is 1.72. The third kappa shape index (κ3) is 2.58. The van der Waals surface area contributed by atoms with Gasteiger partial charge in [0.15, 0.2) is 5.16 Å². The molecule has 4 rings (SSSR count). The molecule has 0 aliphatic heterocycles. The van der Waals surface area contributed by atoms with Crippen molar-refractivity contribution in [3.05, 3.63) is 55.8 Å². The van der Waals surface area contributed by atoms with Gasteiger partial charge < -0.3 is 4.42 Å². The molecule has 0 saturated heterocycles. The zero-order chi connectivity index (χ0) is 16.8. The Bertz CT molecular complexity index is 1040. The van der Waals surface area contributed by atoms with Crippen LogP contribution in [0.2, 0.25) is 0 Å². The van der Waals surface area contributed by atoms with Gasteiger partial charge in [0.05, 0.1) is 0 Å². The van der Waals surface area contributed by atoms with Crippen LogP contribution in [0.4, 0.5) is 0 Å². The first kappa shape index (κ1) is 15.3. The number of thioether (sulfide) groups is 1. The van der Waals surface area contributed by atoms with Crippen LogP contribution in [0.5, 0.6) is 0 Å². The number of hydrogen-bond donors (Lipinski definition) is 1. The lowest BCUT2D eigenvalue weighted by Gasteiger charge is -2.09. The van der Waals surface area contributed by atoms with Crippen LogP contribution in [-0.2, 0) is 5.75 Å². The summed E-state index contributed by atoms with van der Waals surface area (Å²) in [6, 6.07) is 5.80. The van der Waals surface area contributed by atoms with Crippen molar-refractivity contribution in [2.24, 2.45) is 0 Å². The monoisotopic (exact) mass is 343 g/mol. The van der Waals surface area contributed by atoms with Crippen LogP contribution in [-0.4, -0.2) is 14.8 Å². The Kier molecular flexibility index (Phi) is 3.60. The van der Waals surface area contributed by atoms with Gasteiger partial charge in [0.2, 0.25) is 0 Å². The van der Waals surface area contributed by atoms with Crippen LogP contribution in [0.1, 0.15) is 35.6 Å². The molecule has 7 heteroatoms. The van der Waals surface area contributed by atoms with Gasteiger partial charge in [-0.3, -0.25) is 4.57 Å². The van der Waals surface area contributed by atoms with Crippen LogP contribution >= 0.6 is 11.8 Å². The highest BCUT2D eigenvalue weighted by Crippen LogP contribution is 2.37. The Morgan fingerprint density at radius 3 is 2.88 bits per heavy atom. The van der Waals surface area contributed by atoms with E-state index in [1.54, 1.807) is 4.57 Å². The highest BCUT2D eigenvalue weighted by atomic mass is 32.2. The minimum Gasteiger partial charge on any atom is -0.422 e. The lowest BCUT2D eigenvalue weighted by molar-refractivity contribution is 0.557. The summed E-state index contributed by atoms with van der Waals surface area (Å²) >= 11 is 1.46. The van der Waals surface area contributed by atoms with E-state index in [2.05, 4.69) is 10.2 Å². The van der Waals surface area contributed by atoms with Gasteiger partial charge in [0.1, 0.15) is 5.58 Å². The fraction of sp³-hybridized carbons (Fsp3) is 0.353. The lowest BCUT2D eigenvalue weighted by Crippen LogP contribution is -2.16. The molecule has 124 valence electrons. The Labute approximate surface area is 141 Å². The Morgan fingerprint density at radius 2 is 2.12 bits per heavy atom. The van der Waals surface area contributed by atoms with E-state index >= 15 is 0 Å². The van der Waals surface area contributed by atoms with E-state index in [0.717, 1.165) is 34.9 Å². The van der Waals surface area contributed by atoms with E-state index in [-0.39, 0.29) is 17.4 Å². The SMILES string of the molecule is Cc1ccc2c(CSc3n[nH]c(=O)n3C3CC3)cc(=O)oc2c1C. The molecule has 1 aromatic carbocycles. The molecule has 1 aliphatic carbocycles. The second-order valence-corrected chi connectivity index (χ2v) is 7.12. The molecule has 0 unspecified atom stereocenters. The van der Waals surface area contributed by atoms with Gasteiger partial charge in [-0.15, -0.1) is 5.10 Å². The van der Waals surface area contributed by atoms with Crippen molar-refractivity contribution < 1.29 is 4.42 Å². The van der Waals surface area contributed by atoms with Crippen LogP contribution < -0.4 is 11.3 Å². The number of H-pyrrole nitrogens is 1. The molecule has 0 spiro atoms. The molecule has 0 radical (unpaired) electrons. The number of hydrogen-bond acceptors (Lipinski definition) is 5. The van der Waals surface area contributed by atoms with Crippen molar-refractivity contribution in [2.75, 3.05) is 0 Å². The third-order valence-electron chi connectivity index (χ3n) is 4.46. The van der Waals surface area contributed by atoms with E-state index in [0.29, 0.717) is 16.5 Å². The van der Waals surface area contributed by atoms with Gasteiger partial charge in [-0.2, -0.15) is 0 Å². The molecular weight excluding hydrogens is 326 g/mol. The second-order valence-electron chi connectivity index (χ2n) is 6.18. The predicted molar refractivity (Wildman–Crippen MR) is 92.6 cm³/mol. The average Bonchev–Trinajstić information content (AvgIpc) is 3.32. The van der Waals surface area contributed by atoms with Crippen LogP contribution in [0, 0.1) is 13.8 Å². The molecule has 1 fully saturated rings. The van der Waals surface area contributed by atoms with Crippen molar-refractivity contribution in [3.63, 3.8) is 0 Å². The maximum absolute atomic E-state index is 11.9. The Morgan fingerprint density at radius 1 is 1.33 bits per heavy atom. The van der Waals surface area contributed by atoms with Gasteiger partial charge in [0, 0.05) is 23.2 Å². The van der Waals surface area contributed by atoms with Crippen molar-refractivity contribution in [1.29, 1.82) is 0 Å². The lowest BCUT2D eigenvalue weighted by atomic mass is 10.0. The Hall–Kier alpha value is -2.28.